The summed E-state index contributed by atoms with van der Waals surface area (Å²) in [6.07, 6.45) is 0. The number of aliphatic carboxylic acids is 1. The molecule has 1 heterocycles. The van der Waals surface area contributed by atoms with Gasteiger partial charge in [-0.3, -0.25) is 9.69 Å². The van der Waals surface area contributed by atoms with Crippen molar-refractivity contribution >= 4 is 5.97 Å². The summed E-state index contributed by atoms with van der Waals surface area (Å²) < 4.78 is 5.47. The second kappa shape index (κ2) is 7.49. The van der Waals surface area contributed by atoms with Gasteiger partial charge in [0.05, 0.1) is 12.5 Å². The molecule has 2 aromatic carbocycles. The fourth-order valence-electron chi connectivity index (χ4n) is 3.42. The molecule has 0 aliphatic carbocycles. The van der Waals surface area contributed by atoms with Gasteiger partial charge < -0.3 is 9.84 Å². The predicted molar refractivity (Wildman–Crippen MR) is 93.2 cm³/mol. The Labute approximate surface area is 142 Å². The van der Waals surface area contributed by atoms with Crippen molar-refractivity contribution in [3.63, 3.8) is 0 Å². The minimum absolute atomic E-state index is 0.0156. The lowest BCUT2D eigenvalue weighted by atomic mass is 9.89. The zero-order valence-electron chi connectivity index (χ0n) is 13.9. The highest BCUT2D eigenvalue weighted by atomic mass is 16.5. The van der Waals surface area contributed by atoms with Crippen LogP contribution >= 0.6 is 0 Å². The third kappa shape index (κ3) is 3.77. The number of carboxylic acids is 1. The number of rotatable bonds is 6. The van der Waals surface area contributed by atoms with Gasteiger partial charge >= 0.3 is 5.97 Å². The first-order valence-corrected chi connectivity index (χ1v) is 8.39. The molecule has 1 saturated heterocycles. The van der Waals surface area contributed by atoms with E-state index >= 15 is 0 Å². The molecule has 4 nitrogen and oxygen atoms in total. The van der Waals surface area contributed by atoms with Gasteiger partial charge in [0.15, 0.2) is 0 Å². The van der Waals surface area contributed by atoms with Crippen LogP contribution in [0.15, 0.2) is 54.6 Å². The van der Waals surface area contributed by atoms with Crippen molar-refractivity contribution in [1.29, 1.82) is 0 Å². The van der Waals surface area contributed by atoms with E-state index in [1.807, 2.05) is 49.4 Å². The summed E-state index contributed by atoms with van der Waals surface area (Å²) in [5.41, 5.74) is 2.29. The third-order valence-corrected chi connectivity index (χ3v) is 4.58. The molecule has 2 aromatic rings. The average molecular weight is 325 g/mol. The van der Waals surface area contributed by atoms with Gasteiger partial charge in [-0.15, -0.1) is 0 Å². The topological polar surface area (TPSA) is 49.8 Å². The molecule has 2 atom stereocenters. The zero-order chi connectivity index (χ0) is 16.9. The van der Waals surface area contributed by atoms with E-state index in [4.69, 9.17) is 4.74 Å². The number of carboxylic acid groups (broad SMARTS) is 1. The Morgan fingerprint density at radius 1 is 1.12 bits per heavy atom. The second-order valence-electron chi connectivity index (χ2n) is 6.23. The zero-order valence-corrected chi connectivity index (χ0v) is 13.9. The Morgan fingerprint density at radius 2 is 1.83 bits per heavy atom. The number of likely N-dealkylation sites (tertiary alicyclic amines) is 1. The molecule has 0 amide bonds. The van der Waals surface area contributed by atoms with E-state index in [9.17, 15) is 9.90 Å². The van der Waals surface area contributed by atoms with E-state index in [0.29, 0.717) is 13.2 Å². The van der Waals surface area contributed by atoms with E-state index in [-0.39, 0.29) is 11.8 Å². The number of carbonyl (C=O) groups is 1. The summed E-state index contributed by atoms with van der Waals surface area (Å²) >= 11 is 0. The van der Waals surface area contributed by atoms with Crippen LogP contribution in [0.4, 0.5) is 0 Å². The molecule has 0 radical (unpaired) electrons. The first-order valence-electron chi connectivity index (χ1n) is 8.39. The summed E-state index contributed by atoms with van der Waals surface area (Å²) in [5, 5.41) is 9.62. The van der Waals surface area contributed by atoms with Crippen molar-refractivity contribution in [2.75, 3.05) is 19.7 Å². The first-order chi connectivity index (χ1) is 11.7. The van der Waals surface area contributed by atoms with Gasteiger partial charge in [0.2, 0.25) is 0 Å². The maximum atomic E-state index is 11.7. The van der Waals surface area contributed by atoms with Crippen LogP contribution in [0.3, 0.4) is 0 Å². The highest BCUT2D eigenvalue weighted by molar-refractivity contribution is 5.72. The predicted octanol–water partition coefficient (Wildman–Crippen LogP) is 3.39. The fourth-order valence-corrected chi connectivity index (χ4v) is 3.42. The molecule has 4 heteroatoms. The normalized spacial score (nSPS) is 20.9. The van der Waals surface area contributed by atoms with Crippen molar-refractivity contribution in [2.24, 2.45) is 5.92 Å². The molecule has 2 unspecified atom stereocenters. The number of ether oxygens (including phenoxy) is 1. The minimum Gasteiger partial charge on any atom is -0.494 e. The lowest BCUT2D eigenvalue weighted by molar-refractivity contribution is -0.141. The van der Waals surface area contributed by atoms with Gasteiger partial charge in [-0.25, -0.2) is 0 Å². The maximum Gasteiger partial charge on any atom is 0.308 e. The highest BCUT2D eigenvalue weighted by Crippen LogP contribution is 2.34. The van der Waals surface area contributed by atoms with E-state index in [1.165, 1.54) is 5.56 Å². The summed E-state index contributed by atoms with van der Waals surface area (Å²) in [6.45, 7) is 4.72. The van der Waals surface area contributed by atoms with Crippen LogP contribution in [0.5, 0.6) is 5.75 Å². The van der Waals surface area contributed by atoms with Gasteiger partial charge in [0.25, 0.3) is 0 Å². The Bertz CT molecular complexity index is 669. The molecule has 24 heavy (non-hydrogen) atoms. The summed E-state index contributed by atoms with van der Waals surface area (Å²) in [6, 6.07) is 18.1. The lowest BCUT2D eigenvalue weighted by Gasteiger charge is -2.16. The molecular formula is C20H23NO3. The first kappa shape index (κ1) is 16.5. The van der Waals surface area contributed by atoms with Crippen LogP contribution in [0.1, 0.15) is 24.0 Å². The molecule has 0 saturated carbocycles. The number of nitrogens with zero attached hydrogens (tertiary/aromatic N) is 1. The van der Waals surface area contributed by atoms with E-state index in [1.54, 1.807) is 0 Å². The van der Waals surface area contributed by atoms with Crippen LogP contribution in [-0.4, -0.2) is 35.7 Å². The molecule has 0 bridgehead atoms. The average Bonchev–Trinajstić information content (AvgIpc) is 3.01. The third-order valence-electron chi connectivity index (χ3n) is 4.58. The van der Waals surface area contributed by atoms with Crippen LogP contribution in [0.2, 0.25) is 0 Å². The fraction of sp³-hybridized carbons (Fsp3) is 0.350. The Balaban J connectivity index is 1.74. The molecule has 0 spiro atoms. The molecule has 3 rings (SSSR count). The van der Waals surface area contributed by atoms with E-state index < -0.39 is 5.97 Å². The molecular weight excluding hydrogens is 302 g/mol. The molecule has 1 aliphatic rings. The monoisotopic (exact) mass is 325 g/mol. The summed E-state index contributed by atoms with van der Waals surface area (Å²) in [7, 11) is 0. The summed E-state index contributed by atoms with van der Waals surface area (Å²) in [5.74, 6) is -0.245. The largest absolute Gasteiger partial charge is 0.494 e. The Hall–Kier alpha value is -2.33. The second-order valence-corrected chi connectivity index (χ2v) is 6.23. The van der Waals surface area contributed by atoms with Crippen molar-refractivity contribution < 1.29 is 14.6 Å². The smallest absolute Gasteiger partial charge is 0.308 e. The van der Waals surface area contributed by atoms with Crippen molar-refractivity contribution in [2.45, 2.75) is 19.4 Å². The highest BCUT2D eigenvalue weighted by Gasteiger charge is 2.38. The van der Waals surface area contributed by atoms with Gasteiger partial charge in [0, 0.05) is 25.6 Å². The molecule has 1 N–H and O–H groups in total. The van der Waals surface area contributed by atoms with Gasteiger partial charge in [-0.2, -0.15) is 0 Å². The molecule has 1 aliphatic heterocycles. The van der Waals surface area contributed by atoms with Crippen LogP contribution < -0.4 is 4.74 Å². The maximum absolute atomic E-state index is 11.7. The van der Waals surface area contributed by atoms with Crippen LogP contribution in [-0.2, 0) is 11.3 Å². The Kier molecular flexibility index (Phi) is 5.16. The van der Waals surface area contributed by atoms with E-state index in [2.05, 4.69) is 17.0 Å². The van der Waals surface area contributed by atoms with Gasteiger partial charge in [-0.1, -0.05) is 42.5 Å². The number of hydrogen-bond donors (Lipinski definition) is 1. The number of benzene rings is 2. The molecule has 0 aromatic heterocycles. The molecule has 126 valence electrons. The van der Waals surface area contributed by atoms with Crippen molar-refractivity contribution in [1.82, 2.24) is 4.90 Å². The van der Waals surface area contributed by atoms with Crippen molar-refractivity contribution in [3.8, 4) is 5.75 Å². The van der Waals surface area contributed by atoms with Crippen molar-refractivity contribution in [3.05, 3.63) is 65.7 Å². The van der Waals surface area contributed by atoms with Crippen LogP contribution in [0.25, 0.3) is 0 Å². The molecule has 1 fully saturated rings. The number of hydrogen-bond acceptors (Lipinski definition) is 3. The van der Waals surface area contributed by atoms with Crippen LogP contribution in [0, 0.1) is 5.92 Å². The quantitative estimate of drug-likeness (QED) is 0.884. The van der Waals surface area contributed by atoms with Gasteiger partial charge in [-0.05, 0) is 30.2 Å². The van der Waals surface area contributed by atoms with Gasteiger partial charge in [0.1, 0.15) is 5.75 Å². The SMILES string of the molecule is CCOc1ccc(C2CN(Cc3ccccc3)CC2C(=O)O)cc1. The Morgan fingerprint density at radius 3 is 2.46 bits per heavy atom. The lowest BCUT2D eigenvalue weighted by Crippen LogP contribution is -2.23. The summed E-state index contributed by atoms with van der Waals surface area (Å²) in [4.78, 5) is 13.9. The van der Waals surface area contributed by atoms with E-state index in [0.717, 1.165) is 24.4 Å². The standard InChI is InChI=1S/C20H23NO3/c1-2-24-17-10-8-16(9-11-17)18-13-21(14-19(18)20(22)23)12-15-6-4-3-5-7-15/h3-11,18-19H,2,12-14H2,1H3,(H,22,23). The minimum atomic E-state index is -0.718.